The van der Waals surface area contributed by atoms with Crippen molar-refractivity contribution in [3.05, 3.63) is 42.7 Å². The van der Waals surface area contributed by atoms with E-state index in [1.807, 2.05) is 12.1 Å². The number of hydrogen-bond donors (Lipinski definition) is 1. The van der Waals surface area contributed by atoms with E-state index in [9.17, 15) is 9.90 Å². The second-order valence-electron chi connectivity index (χ2n) is 7.76. The molecule has 7 nitrogen and oxygen atoms in total. The van der Waals surface area contributed by atoms with E-state index in [2.05, 4.69) is 15.0 Å². The Labute approximate surface area is 164 Å². The van der Waals surface area contributed by atoms with Crippen LogP contribution in [-0.2, 0) is 9.53 Å². The Morgan fingerprint density at radius 1 is 1.14 bits per heavy atom. The first-order chi connectivity index (χ1) is 13.6. The molecule has 148 valence electrons. The molecule has 0 radical (unpaired) electrons. The molecule has 2 aliphatic rings. The first kappa shape index (κ1) is 19.0. The van der Waals surface area contributed by atoms with Crippen LogP contribution in [0.25, 0.3) is 11.1 Å². The summed E-state index contributed by atoms with van der Waals surface area (Å²) in [6.45, 7) is 1.51. The van der Waals surface area contributed by atoms with Crippen LogP contribution < -0.4 is 0 Å². The molecular formula is C21H26N4O3. The van der Waals surface area contributed by atoms with E-state index in [0.717, 1.165) is 48.9 Å². The third-order valence-electron chi connectivity index (χ3n) is 5.69. The molecule has 2 aromatic rings. The van der Waals surface area contributed by atoms with Crippen molar-refractivity contribution in [1.29, 1.82) is 0 Å². The van der Waals surface area contributed by atoms with Gasteiger partial charge in [-0.15, -0.1) is 0 Å². The average molecular weight is 382 g/mol. The van der Waals surface area contributed by atoms with Gasteiger partial charge in [0.25, 0.3) is 0 Å². The zero-order valence-electron chi connectivity index (χ0n) is 16.0. The minimum absolute atomic E-state index is 0.00996. The third-order valence-corrected chi connectivity index (χ3v) is 5.69. The van der Waals surface area contributed by atoms with Crippen molar-refractivity contribution in [3.8, 4) is 11.1 Å². The molecule has 7 heteroatoms. The van der Waals surface area contributed by atoms with Gasteiger partial charge in [-0.3, -0.25) is 9.78 Å². The van der Waals surface area contributed by atoms with Crippen molar-refractivity contribution in [1.82, 2.24) is 19.9 Å². The molecule has 1 atom stereocenters. The maximum absolute atomic E-state index is 12.8. The van der Waals surface area contributed by atoms with E-state index < -0.39 is 5.60 Å². The molecule has 1 aliphatic heterocycles. The van der Waals surface area contributed by atoms with Gasteiger partial charge in [0, 0.05) is 36.3 Å². The smallest absolute Gasteiger partial charge is 0.225 e. The number of hydrogen-bond acceptors (Lipinski definition) is 6. The summed E-state index contributed by atoms with van der Waals surface area (Å²) in [5.41, 5.74) is 1.81. The number of carbonyl (C=O) groups excluding carboxylic acids is 1. The lowest BCUT2D eigenvalue weighted by atomic mass is 9.82. The van der Waals surface area contributed by atoms with E-state index in [4.69, 9.17) is 4.74 Å². The largest absolute Gasteiger partial charge is 0.389 e. The number of morpholine rings is 1. The van der Waals surface area contributed by atoms with Gasteiger partial charge in [-0.2, -0.15) is 0 Å². The molecule has 1 N–H and O–H groups in total. The molecular weight excluding hydrogens is 356 g/mol. The molecule has 0 unspecified atom stereocenters. The minimum atomic E-state index is -0.833. The lowest BCUT2D eigenvalue weighted by Crippen LogP contribution is -2.46. The van der Waals surface area contributed by atoms with Gasteiger partial charge in [-0.05, 0) is 18.9 Å². The highest BCUT2D eigenvalue weighted by atomic mass is 16.5. The molecule has 0 spiro atoms. The lowest BCUT2D eigenvalue weighted by molar-refractivity contribution is -0.145. The number of ether oxygens (including phenoxy) is 1. The van der Waals surface area contributed by atoms with Gasteiger partial charge in [0.1, 0.15) is 12.4 Å². The zero-order chi connectivity index (χ0) is 19.4. The molecule has 1 amide bonds. The van der Waals surface area contributed by atoms with Gasteiger partial charge in [0.15, 0.2) is 0 Å². The summed E-state index contributed by atoms with van der Waals surface area (Å²) in [4.78, 5) is 27.2. The van der Waals surface area contributed by atoms with E-state index in [-0.39, 0.29) is 18.4 Å². The molecule has 3 heterocycles. The van der Waals surface area contributed by atoms with Crippen molar-refractivity contribution < 1.29 is 14.6 Å². The normalized spacial score (nSPS) is 22.0. The number of aromatic nitrogens is 3. The molecule has 2 aromatic heterocycles. The summed E-state index contributed by atoms with van der Waals surface area (Å²) in [5, 5.41) is 10.7. The molecule has 28 heavy (non-hydrogen) atoms. The van der Waals surface area contributed by atoms with Crippen LogP contribution in [-0.4, -0.2) is 56.2 Å². The summed E-state index contributed by atoms with van der Waals surface area (Å²) in [7, 11) is 0. The van der Waals surface area contributed by atoms with E-state index in [1.165, 1.54) is 6.33 Å². The SMILES string of the molecule is O=C(CC1(O)CCCCC1)N1CCO[C@@H](c2ccc(-c3cncnc3)cn2)C1. The average Bonchev–Trinajstić information content (AvgIpc) is 2.75. The van der Waals surface area contributed by atoms with Gasteiger partial charge in [-0.1, -0.05) is 25.3 Å². The van der Waals surface area contributed by atoms with Crippen molar-refractivity contribution in [2.45, 2.75) is 50.2 Å². The molecule has 1 saturated heterocycles. The topological polar surface area (TPSA) is 88.4 Å². The van der Waals surface area contributed by atoms with E-state index in [0.29, 0.717) is 19.7 Å². The van der Waals surface area contributed by atoms with Crippen LogP contribution >= 0.6 is 0 Å². The van der Waals surface area contributed by atoms with Gasteiger partial charge < -0.3 is 14.7 Å². The van der Waals surface area contributed by atoms with Crippen molar-refractivity contribution in [3.63, 3.8) is 0 Å². The Kier molecular flexibility index (Phi) is 5.64. The highest BCUT2D eigenvalue weighted by Crippen LogP contribution is 2.32. The van der Waals surface area contributed by atoms with Crippen LogP contribution in [0.1, 0.15) is 50.3 Å². The van der Waals surface area contributed by atoms with Crippen molar-refractivity contribution in [2.24, 2.45) is 0 Å². The Balaban J connectivity index is 1.40. The summed E-state index contributed by atoms with van der Waals surface area (Å²) in [5.74, 6) is 0.00996. The van der Waals surface area contributed by atoms with Gasteiger partial charge >= 0.3 is 0 Å². The maximum Gasteiger partial charge on any atom is 0.225 e. The number of rotatable bonds is 4. The van der Waals surface area contributed by atoms with E-state index >= 15 is 0 Å². The minimum Gasteiger partial charge on any atom is -0.389 e. The highest BCUT2D eigenvalue weighted by molar-refractivity contribution is 5.77. The molecule has 2 fully saturated rings. The second kappa shape index (κ2) is 8.32. The number of pyridine rings is 1. The zero-order valence-corrected chi connectivity index (χ0v) is 16.0. The number of aliphatic hydroxyl groups is 1. The Morgan fingerprint density at radius 3 is 2.64 bits per heavy atom. The first-order valence-electron chi connectivity index (χ1n) is 9.96. The van der Waals surface area contributed by atoms with Crippen LogP contribution in [0.4, 0.5) is 0 Å². The second-order valence-corrected chi connectivity index (χ2v) is 7.76. The van der Waals surface area contributed by atoms with Crippen LogP contribution in [0.15, 0.2) is 37.1 Å². The Morgan fingerprint density at radius 2 is 1.93 bits per heavy atom. The quantitative estimate of drug-likeness (QED) is 0.874. The van der Waals surface area contributed by atoms with Crippen LogP contribution in [0, 0.1) is 0 Å². The van der Waals surface area contributed by atoms with E-state index in [1.54, 1.807) is 23.5 Å². The lowest BCUT2D eigenvalue weighted by Gasteiger charge is -2.37. The Hall–Kier alpha value is -2.38. The maximum atomic E-state index is 12.8. The number of nitrogens with zero attached hydrogens (tertiary/aromatic N) is 4. The molecule has 1 aliphatic carbocycles. The number of carbonyl (C=O) groups is 1. The summed E-state index contributed by atoms with van der Waals surface area (Å²) < 4.78 is 5.86. The monoisotopic (exact) mass is 382 g/mol. The third kappa shape index (κ3) is 4.36. The summed E-state index contributed by atoms with van der Waals surface area (Å²) in [6, 6.07) is 3.89. The number of amides is 1. The van der Waals surface area contributed by atoms with Crippen LogP contribution in [0.5, 0.6) is 0 Å². The predicted molar refractivity (Wildman–Crippen MR) is 103 cm³/mol. The summed E-state index contributed by atoms with van der Waals surface area (Å²) >= 11 is 0. The van der Waals surface area contributed by atoms with Gasteiger partial charge in [0.2, 0.25) is 5.91 Å². The molecule has 0 bridgehead atoms. The predicted octanol–water partition coefficient (Wildman–Crippen LogP) is 2.52. The molecule has 1 saturated carbocycles. The Bertz CT molecular complexity index is 791. The van der Waals surface area contributed by atoms with Gasteiger partial charge in [0.05, 0.1) is 30.9 Å². The summed E-state index contributed by atoms with van der Waals surface area (Å²) in [6.07, 6.45) is 11.3. The van der Waals surface area contributed by atoms with Crippen LogP contribution in [0.3, 0.4) is 0 Å². The fourth-order valence-electron chi connectivity index (χ4n) is 4.05. The standard InChI is InChI=1S/C21H26N4O3/c26-20(10-21(27)6-2-1-3-7-21)25-8-9-28-19(14-25)18-5-4-16(13-24-18)17-11-22-15-23-12-17/h4-5,11-13,15,19,27H,1-3,6-10,14H2/t19-/m1/s1. The molecule has 0 aromatic carbocycles. The fourth-order valence-corrected chi connectivity index (χ4v) is 4.05. The van der Waals surface area contributed by atoms with Crippen LogP contribution in [0.2, 0.25) is 0 Å². The first-order valence-corrected chi connectivity index (χ1v) is 9.96. The fraction of sp³-hybridized carbons (Fsp3) is 0.524. The van der Waals surface area contributed by atoms with Gasteiger partial charge in [-0.25, -0.2) is 9.97 Å². The molecule has 4 rings (SSSR count). The van der Waals surface area contributed by atoms with Crippen molar-refractivity contribution >= 4 is 5.91 Å². The highest BCUT2D eigenvalue weighted by Gasteiger charge is 2.35. The van der Waals surface area contributed by atoms with Crippen molar-refractivity contribution in [2.75, 3.05) is 19.7 Å².